The topological polar surface area (TPSA) is 30.3 Å². The first kappa shape index (κ1) is 14.6. The van der Waals surface area contributed by atoms with E-state index in [0.717, 1.165) is 30.3 Å². The number of ether oxygens (including phenoxy) is 1. The maximum Gasteiger partial charge on any atom is 0.0953 e. The minimum atomic E-state index is 0.0770. The lowest BCUT2D eigenvalue weighted by atomic mass is 10.1. The molecule has 3 rings (SSSR count). The molecule has 0 aliphatic carbocycles. The minimum absolute atomic E-state index is 0.0770. The fourth-order valence-corrected chi connectivity index (χ4v) is 2.90. The van der Waals surface area contributed by atoms with Gasteiger partial charge in [0.15, 0.2) is 0 Å². The van der Waals surface area contributed by atoms with Crippen molar-refractivity contribution in [3.05, 3.63) is 52.8 Å². The van der Waals surface area contributed by atoms with Gasteiger partial charge in [0.25, 0.3) is 0 Å². The van der Waals surface area contributed by atoms with Crippen molar-refractivity contribution in [1.82, 2.24) is 14.7 Å². The first-order chi connectivity index (χ1) is 10.1. The molecule has 2 aromatic rings. The average molecular weight is 306 g/mol. The van der Waals surface area contributed by atoms with Gasteiger partial charge in [0.1, 0.15) is 0 Å². The zero-order chi connectivity index (χ0) is 14.8. The van der Waals surface area contributed by atoms with Crippen molar-refractivity contribution in [3.8, 4) is 0 Å². The van der Waals surface area contributed by atoms with Crippen LogP contribution in [0, 0.1) is 0 Å². The Morgan fingerprint density at radius 3 is 2.95 bits per heavy atom. The molecule has 1 aromatic heterocycles. The second-order valence-corrected chi connectivity index (χ2v) is 6.04. The molecule has 1 aromatic carbocycles. The number of rotatable bonds is 3. The molecule has 0 saturated carbocycles. The van der Waals surface area contributed by atoms with E-state index in [0.29, 0.717) is 6.04 Å². The summed E-state index contributed by atoms with van der Waals surface area (Å²) in [6.45, 7) is 4.68. The smallest absolute Gasteiger partial charge is 0.0953 e. The zero-order valence-corrected chi connectivity index (χ0v) is 13.1. The number of aromatic nitrogens is 2. The van der Waals surface area contributed by atoms with Gasteiger partial charge in [0.2, 0.25) is 0 Å². The third-order valence-corrected chi connectivity index (χ3v) is 4.31. The Hall–Kier alpha value is -1.36. The normalized spacial score (nSPS) is 23.4. The van der Waals surface area contributed by atoms with Crippen LogP contribution in [0.3, 0.4) is 0 Å². The van der Waals surface area contributed by atoms with Crippen LogP contribution in [0.25, 0.3) is 0 Å². The Morgan fingerprint density at radius 2 is 2.24 bits per heavy atom. The SMILES string of the molecule is CC1COC(c2cccc(Cl)c2)CN1Cc1ccnn1C. The van der Waals surface area contributed by atoms with Gasteiger partial charge in [-0.15, -0.1) is 0 Å². The molecule has 0 bridgehead atoms. The fraction of sp³-hybridized carbons (Fsp3) is 0.438. The van der Waals surface area contributed by atoms with Crippen molar-refractivity contribution in [1.29, 1.82) is 0 Å². The Kier molecular flexibility index (Phi) is 4.29. The van der Waals surface area contributed by atoms with Crippen molar-refractivity contribution in [3.63, 3.8) is 0 Å². The molecule has 1 fully saturated rings. The summed E-state index contributed by atoms with van der Waals surface area (Å²) in [6, 6.07) is 10.4. The van der Waals surface area contributed by atoms with Gasteiger partial charge in [-0.1, -0.05) is 23.7 Å². The first-order valence-electron chi connectivity index (χ1n) is 7.21. The van der Waals surface area contributed by atoms with Gasteiger partial charge in [-0.2, -0.15) is 5.10 Å². The van der Waals surface area contributed by atoms with E-state index in [4.69, 9.17) is 16.3 Å². The van der Waals surface area contributed by atoms with Crippen LogP contribution in [0.2, 0.25) is 5.02 Å². The van der Waals surface area contributed by atoms with E-state index in [1.807, 2.05) is 36.1 Å². The summed E-state index contributed by atoms with van der Waals surface area (Å²) in [4.78, 5) is 2.44. The van der Waals surface area contributed by atoms with Crippen LogP contribution in [-0.2, 0) is 18.3 Å². The third-order valence-electron chi connectivity index (χ3n) is 4.07. The molecular formula is C16H20ClN3O. The maximum atomic E-state index is 6.08. The Morgan fingerprint density at radius 1 is 1.38 bits per heavy atom. The fourth-order valence-electron chi connectivity index (χ4n) is 2.70. The van der Waals surface area contributed by atoms with E-state index in [2.05, 4.69) is 29.1 Å². The summed E-state index contributed by atoms with van der Waals surface area (Å²) in [5, 5.41) is 4.99. The highest BCUT2D eigenvalue weighted by molar-refractivity contribution is 6.30. The van der Waals surface area contributed by atoms with Gasteiger partial charge in [-0.3, -0.25) is 9.58 Å². The number of benzene rings is 1. The summed E-state index contributed by atoms with van der Waals surface area (Å²) in [5.74, 6) is 0. The molecule has 1 aliphatic heterocycles. The summed E-state index contributed by atoms with van der Waals surface area (Å²) >= 11 is 6.08. The molecular weight excluding hydrogens is 286 g/mol. The number of nitrogens with zero attached hydrogens (tertiary/aromatic N) is 3. The van der Waals surface area contributed by atoms with Crippen molar-refractivity contribution < 1.29 is 4.74 Å². The van der Waals surface area contributed by atoms with Crippen LogP contribution < -0.4 is 0 Å². The van der Waals surface area contributed by atoms with E-state index in [1.165, 1.54) is 5.69 Å². The molecule has 2 atom stereocenters. The molecule has 112 valence electrons. The van der Waals surface area contributed by atoms with Gasteiger partial charge in [0, 0.05) is 37.4 Å². The highest BCUT2D eigenvalue weighted by Crippen LogP contribution is 2.27. The number of halogens is 1. The van der Waals surface area contributed by atoms with Crippen molar-refractivity contribution in [2.24, 2.45) is 7.05 Å². The largest absolute Gasteiger partial charge is 0.371 e. The van der Waals surface area contributed by atoms with E-state index in [-0.39, 0.29) is 6.10 Å². The molecule has 0 amide bonds. The van der Waals surface area contributed by atoms with Crippen molar-refractivity contribution in [2.45, 2.75) is 25.6 Å². The molecule has 2 unspecified atom stereocenters. The summed E-state index contributed by atoms with van der Waals surface area (Å²) in [6.07, 6.45) is 1.92. The number of hydrogen-bond acceptors (Lipinski definition) is 3. The molecule has 0 radical (unpaired) electrons. The van der Waals surface area contributed by atoms with Crippen LogP contribution in [-0.4, -0.2) is 33.9 Å². The average Bonchev–Trinajstić information content (AvgIpc) is 2.87. The molecule has 0 N–H and O–H groups in total. The highest BCUT2D eigenvalue weighted by Gasteiger charge is 2.27. The highest BCUT2D eigenvalue weighted by atomic mass is 35.5. The Bertz CT molecular complexity index is 613. The van der Waals surface area contributed by atoms with E-state index >= 15 is 0 Å². The van der Waals surface area contributed by atoms with Crippen LogP contribution >= 0.6 is 11.6 Å². The van der Waals surface area contributed by atoms with Gasteiger partial charge in [-0.25, -0.2) is 0 Å². The van der Waals surface area contributed by atoms with Gasteiger partial charge < -0.3 is 4.74 Å². The molecule has 5 heteroatoms. The number of hydrogen-bond donors (Lipinski definition) is 0. The third kappa shape index (κ3) is 3.28. The van der Waals surface area contributed by atoms with Crippen LogP contribution in [0.4, 0.5) is 0 Å². The van der Waals surface area contributed by atoms with E-state index < -0.39 is 0 Å². The van der Waals surface area contributed by atoms with E-state index in [9.17, 15) is 0 Å². The standard InChI is InChI=1S/C16H20ClN3O/c1-12-11-21-16(13-4-3-5-14(17)8-13)10-20(12)9-15-6-7-18-19(15)2/h3-8,12,16H,9-11H2,1-2H3. The van der Waals surface area contributed by atoms with Crippen LogP contribution in [0.1, 0.15) is 24.3 Å². The lowest BCUT2D eigenvalue weighted by Crippen LogP contribution is -2.44. The Balaban J connectivity index is 1.74. The molecule has 4 nitrogen and oxygen atoms in total. The molecule has 2 heterocycles. The van der Waals surface area contributed by atoms with E-state index in [1.54, 1.807) is 0 Å². The molecule has 1 aliphatic rings. The zero-order valence-electron chi connectivity index (χ0n) is 12.4. The summed E-state index contributed by atoms with van der Waals surface area (Å²) < 4.78 is 7.92. The molecule has 1 saturated heterocycles. The first-order valence-corrected chi connectivity index (χ1v) is 7.59. The van der Waals surface area contributed by atoms with Crippen LogP contribution in [0.15, 0.2) is 36.5 Å². The monoisotopic (exact) mass is 305 g/mol. The number of aryl methyl sites for hydroxylation is 1. The molecule has 0 spiro atoms. The lowest BCUT2D eigenvalue weighted by molar-refractivity contribution is -0.0639. The van der Waals surface area contributed by atoms with Gasteiger partial charge in [-0.05, 0) is 30.7 Å². The minimum Gasteiger partial charge on any atom is -0.371 e. The summed E-state index contributed by atoms with van der Waals surface area (Å²) in [5.41, 5.74) is 2.36. The van der Waals surface area contributed by atoms with Crippen molar-refractivity contribution in [2.75, 3.05) is 13.2 Å². The maximum absolute atomic E-state index is 6.08. The van der Waals surface area contributed by atoms with Gasteiger partial charge >= 0.3 is 0 Å². The van der Waals surface area contributed by atoms with Crippen molar-refractivity contribution >= 4 is 11.6 Å². The lowest BCUT2D eigenvalue weighted by Gasteiger charge is -2.38. The van der Waals surface area contributed by atoms with Crippen LogP contribution in [0.5, 0.6) is 0 Å². The predicted octanol–water partition coefficient (Wildman–Crippen LogP) is 3.04. The summed E-state index contributed by atoms with van der Waals surface area (Å²) in [7, 11) is 1.98. The second kappa shape index (κ2) is 6.18. The Labute approximate surface area is 130 Å². The predicted molar refractivity (Wildman–Crippen MR) is 83.2 cm³/mol. The second-order valence-electron chi connectivity index (χ2n) is 5.60. The molecule has 21 heavy (non-hydrogen) atoms. The van der Waals surface area contributed by atoms with Gasteiger partial charge in [0.05, 0.1) is 18.4 Å². The number of morpholine rings is 1. The quantitative estimate of drug-likeness (QED) is 0.873.